The van der Waals surface area contributed by atoms with Gasteiger partial charge in [-0.05, 0) is 12.1 Å². The molecular weight excluding hydrogens is 296 g/mol. The Morgan fingerprint density at radius 2 is 2.00 bits per heavy atom. The molecule has 0 amide bonds. The number of rotatable bonds is 5. The molecule has 2 aromatic rings. The van der Waals surface area contributed by atoms with Crippen molar-refractivity contribution in [2.24, 2.45) is 0 Å². The first-order valence-corrected chi connectivity index (χ1v) is 7.49. The molecule has 23 heavy (non-hydrogen) atoms. The molecule has 120 valence electrons. The maximum absolute atomic E-state index is 11.1. The SMILES string of the molecule is O=[N+]([O-])c1ccccc1NCc1cccnc1N1CCOCC1. The van der Waals surface area contributed by atoms with E-state index in [0.29, 0.717) is 25.4 Å². The summed E-state index contributed by atoms with van der Waals surface area (Å²) in [5.41, 5.74) is 1.59. The molecule has 0 bridgehead atoms. The van der Waals surface area contributed by atoms with Crippen molar-refractivity contribution in [3.8, 4) is 0 Å². The molecule has 1 N–H and O–H groups in total. The van der Waals surface area contributed by atoms with Crippen LogP contribution in [0.4, 0.5) is 17.2 Å². The van der Waals surface area contributed by atoms with Gasteiger partial charge in [-0.2, -0.15) is 0 Å². The molecule has 1 aromatic heterocycles. The third-order valence-corrected chi connectivity index (χ3v) is 3.75. The first-order valence-electron chi connectivity index (χ1n) is 7.49. The summed E-state index contributed by atoms with van der Waals surface area (Å²) in [6.45, 7) is 3.46. The number of hydrogen-bond donors (Lipinski definition) is 1. The highest BCUT2D eigenvalue weighted by atomic mass is 16.6. The van der Waals surface area contributed by atoms with Crippen molar-refractivity contribution in [3.05, 3.63) is 58.3 Å². The predicted molar refractivity (Wildman–Crippen MR) is 87.7 cm³/mol. The molecule has 0 saturated carbocycles. The third kappa shape index (κ3) is 3.57. The highest BCUT2D eigenvalue weighted by Gasteiger charge is 2.17. The van der Waals surface area contributed by atoms with Crippen molar-refractivity contribution in [1.29, 1.82) is 0 Å². The lowest BCUT2D eigenvalue weighted by atomic mass is 10.2. The van der Waals surface area contributed by atoms with E-state index < -0.39 is 0 Å². The second-order valence-corrected chi connectivity index (χ2v) is 5.21. The Bertz CT molecular complexity index is 687. The van der Waals surface area contributed by atoms with Gasteiger partial charge in [0.15, 0.2) is 0 Å². The van der Waals surface area contributed by atoms with Gasteiger partial charge in [-0.25, -0.2) is 4.98 Å². The zero-order valence-corrected chi connectivity index (χ0v) is 12.6. The van der Waals surface area contributed by atoms with Gasteiger partial charge < -0.3 is 15.0 Å². The number of nitro benzene ring substituents is 1. The second-order valence-electron chi connectivity index (χ2n) is 5.21. The van der Waals surface area contributed by atoms with Crippen LogP contribution in [0.25, 0.3) is 0 Å². The monoisotopic (exact) mass is 314 g/mol. The molecule has 0 atom stereocenters. The van der Waals surface area contributed by atoms with Crippen LogP contribution in [0.3, 0.4) is 0 Å². The molecule has 1 aliphatic heterocycles. The summed E-state index contributed by atoms with van der Waals surface area (Å²) in [6, 6.07) is 10.5. The zero-order chi connectivity index (χ0) is 16.1. The van der Waals surface area contributed by atoms with Crippen molar-refractivity contribution in [2.75, 3.05) is 36.5 Å². The van der Waals surface area contributed by atoms with Gasteiger partial charge in [0.2, 0.25) is 0 Å². The van der Waals surface area contributed by atoms with Gasteiger partial charge in [-0.15, -0.1) is 0 Å². The first-order chi connectivity index (χ1) is 11.3. The molecule has 7 heteroatoms. The number of aromatic nitrogens is 1. The Labute approximate surface area is 134 Å². The minimum Gasteiger partial charge on any atom is -0.378 e. The van der Waals surface area contributed by atoms with E-state index in [1.807, 2.05) is 12.1 Å². The molecule has 0 spiro atoms. The van der Waals surface area contributed by atoms with Crippen LogP contribution in [0.5, 0.6) is 0 Å². The van der Waals surface area contributed by atoms with Crippen LogP contribution in [0.15, 0.2) is 42.6 Å². The highest BCUT2D eigenvalue weighted by molar-refractivity contribution is 5.62. The number of nitrogens with one attached hydrogen (secondary N) is 1. The molecular formula is C16H18N4O3. The largest absolute Gasteiger partial charge is 0.378 e. The Morgan fingerprint density at radius 3 is 2.78 bits per heavy atom. The summed E-state index contributed by atoms with van der Waals surface area (Å²) >= 11 is 0. The maximum Gasteiger partial charge on any atom is 0.292 e. The van der Waals surface area contributed by atoms with Crippen LogP contribution >= 0.6 is 0 Å². The number of nitro groups is 1. The van der Waals surface area contributed by atoms with Crippen molar-refractivity contribution < 1.29 is 9.66 Å². The van der Waals surface area contributed by atoms with Crippen molar-refractivity contribution in [2.45, 2.75) is 6.54 Å². The van der Waals surface area contributed by atoms with E-state index in [1.54, 1.807) is 24.4 Å². The quantitative estimate of drug-likeness (QED) is 0.674. The normalized spacial score (nSPS) is 14.5. The fraction of sp³-hybridized carbons (Fsp3) is 0.312. The minimum atomic E-state index is -0.380. The van der Waals surface area contributed by atoms with Gasteiger partial charge in [-0.1, -0.05) is 18.2 Å². The van der Waals surface area contributed by atoms with Crippen molar-refractivity contribution in [1.82, 2.24) is 4.98 Å². The molecule has 3 rings (SSSR count). The van der Waals surface area contributed by atoms with Gasteiger partial charge in [0.1, 0.15) is 11.5 Å². The van der Waals surface area contributed by atoms with Crippen LogP contribution in [-0.2, 0) is 11.3 Å². The van der Waals surface area contributed by atoms with Crippen LogP contribution in [0, 0.1) is 10.1 Å². The van der Waals surface area contributed by atoms with Crippen LogP contribution in [0.1, 0.15) is 5.56 Å². The average Bonchev–Trinajstić information content (AvgIpc) is 2.61. The van der Waals surface area contributed by atoms with Crippen LogP contribution in [0.2, 0.25) is 0 Å². The lowest BCUT2D eigenvalue weighted by Gasteiger charge is -2.29. The Hall–Kier alpha value is -2.67. The summed E-state index contributed by atoms with van der Waals surface area (Å²) in [6.07, 6.45) is 1.76. The summed E-state index contributed by atoms with van der Waals surface area (Å²) < 4.78 is 5.37. The fourth-order valence-corrected chi connectivity index (χ4v) is 2.60. The van der Waals surface area contributed by atoms with Crippen molar-refractivity contribution >= 4 is 17.2 Å². The van der Waals surface area contributed by atoms with Gasteiger partial charge >= 0.3 is 0 Å². The lowest BCUT2D eigenvalue weighted by molar-refractivity contribution is -0.384. The first kappa shape index (κ1) is 15.2. The van der Waals surface area contributed by atoms with Crippen LogP contribution < -0.4 is 10.2 Å². The molecule has 1 aromatic carbocycles. The number of pyridine rings is 1. The van der Waals surface area contributed by atoms with E-state index in [-0.39, 0.29) is 10.6 Å². The van der Waals surface area contributed by atoms with Gasteiger partial charge in [-0.3, -0.25) is 10.1 Å². The number of ether oxygens (including phenoxy) is 1. The number of nitrogens with zero attached hydrogens (tertiary/aromatic N) is 3. The van der Waals surface area contributed by atoms with E-state index in [9.17, 15) is 10.1 Å². The topological polar surface area (TPSA) is 80.5 Å². The summed E-state index contributed by atoms with van der Waals surface area (Å²) in [4.78, 5) is 17.3. The van der Waals surface area contributed by atoms with Crippen molar-refractivity contribution in [3.63, 3.8) is 0 Å². The lowest BCUT2D eigenvalue weighted by Crippen LogP contribution is -2.37. The van der Waals surface area contributed by atoms with E-state index in [4.69, 9.17) is 4.74 Å². The fourth-order valence-electron chi connectivity index (χ4n) is 2.60. The van der Waals surface area contributed by atoms with E-state index in [1.165, 1.54) is 6.07 Å². The second kappa shape index (κ2) is 7.06. The summed E-state index contributed by atoms with van der Waals surface area (Å²) in [5, 5.41) is 14.2. The zero-order valence-electron chi connectivity index (χ0n) is 12.6. The van der Waals surface area contributed by atoms with Gasteiger partial charge in [0.25, 0.3) is 5.69 Å². The Balaban J connectivity index is 1.77. The smallest absolute Gasteiger partial charge is 0.292 e. The van der Waals surface area contributed by atoms with Crippen LogP contribution in [-0.4, -0.2) is 36.2 Å². The molecule has 7 nitrogen and oxygen atoms in total. The summed E-state index contributed by atoms with van der Waals surface area (Å²) in [7, 11) is 0. The Kier molecular flexibility index (Phi) is 4.68. The molecule has 1 fully saturated rings. The molecule has 2 heterocycles. The molecule has 0 unspecified atom stereocenters. The number of anilines is 2. The molecule has 0 aliphatic carbocycles. The number of para-hydroxylation sites is 2. The highest BCUT2D eigenvalue weighted by Crippen LogP contribution is 2.25. The van der Waals surface area contributed by atoms with Gasteiger partial charge in [0, 0.05) is 37.5 Å². The predicted octanol–water partition coefficient (Wildman–Crippen LogP) is 2.44. The van der Waals surface area contributed by atoms with E-state index >= 15 is 0 Å². The van der Waals surface area contributed by atoms with E-state index in [2.05, 4.69) is 15.2 Å². The van der Waals surface area contributed by atoms with E-state index in [0.717, 1.165) is 24.5 Å². The molecule has 0 radical (unpaired) electrons. The number of benzene rings is 1. The standard InChI is InChI=1S/C16H18N4O3/c21-20(22)15-6-2-1-5-14(15)18-12-13-4-3-7-17-16(13)19-8-10-23-11-9-19/h1-7,18H,8-12H2. The molecule has 1 saturated heterocycles. The average molecular weight is 314 g/mol. The third-order valence-electron chi connectivity index (χ3n) is 3.75. The van der Waals surface area contributed by atoms with Gasteiger partial charge in [0.05, 0.1) is 18.1 Å². The molecule has 1 aliphatic rings. The number of morpholine rings is 1. The summed E-state index contributed by atoms with van der Waals surface area (Å²) in [5.74, 6) is 0.905. The maximum atomic E-state index is 11.1. The Morgan fingerprint density at radius 1 is 1.22 bits per heavy atom. The minimum absolute atomic E-state index is 0.0734. The number of hydrogen-bond acceptors (Lipinski definition) is 6.